The third-order valence-electron chi connectivity index (χ3n) is 3.70. The number of nitrogens with one attached hydrogen (secondary N) is 3. The van der Waals surface area contributed by atoms with Crippen LogP contribution < -0.4 is 15.4 Å². The number of hydrogen-bond acceptors (Lipinski definition) is 6. The zero-order valence-electron chi connectivity index (χ0n) is 16.1. The maximum atomic E-state index is 12.5. The van der Waals surface area contributed by atoms with Crippen LogP contribution in [0, 0.1) is 0 Å². The Labute approximate surface area is 175 Å². The minimum absolute atomic E-state index is 0.116. The lowest BCUT2D eigenvalue weighted by molar-refractivity contribution is -0.117. The van der Waals surface area contributed by atoms with Crippen molar-refractivity contribution in [2.45, 2.75) is 19.4 Å². The maximum absolute atomic E-state index is 12.5. The Balaban J connectivity index is 2.85. The Bertz CT molecular complexity index is 774. The minimum atomic E-state index is -3.53. The molecule has 1 rings (SSSR count). The van der Waals surface area contributed by atoms with Gasteiger partial charge >= 0.3 is 0 Å². The molecule has 1 unspecified atom stereocenters. The van der Waals surface area contributed by atoms with Crippen molar-refractivity contribution < 1.29 is 22.7 Å². The quantitative estimate of drug-likeness (QED) is 0.417. The summed E-state index contributed by atoms with van der Waals surface area (Å²) in [5, 5.41) is 5.47. The van der Waals surface area contributed by atoms with Crippen molar-refractivity contribution in [3.63, 3.8) is 0 Å². The van der Waals surface area contributed by atoms with Crippen molar-refractivity contribution in [2.75, 3.05) is 43.3 Å². The highest BCUT2D eigenvalue weighted by molar-refractivity contribution is 7.98. The van der Waals surface area contributed by atoms with Crippen LogP contribution in [-0.2, 0) is 19.6 Å². The van der Waals surface area contributed by atoms with Gasteiger partial charge in [-0.2, -0.15) is 11.8 Å². The molecule has 158 valence electrons. The van der Waals surface area contributed by atoms with Crippen molar-refractivity contribution in [2.24, 2.45) is 0 Å². The number of carbonyl (C=O) groups excluding carboxylic acids is 2. The molecular formula is C17H26ClN3O5S2. The molecule has 3 N–H and O–H groups in total. The van der Waals surface area contributed by atoms with Crippen LogP contribution >= 0.6 is 23.4 Å². The van der Waals surface area contributed by atoms with Crippen LogP contribution in [0.1, 0.15) is 23.7 Å². The third kappa shape index (κ3) is 8.36. The largest absolute Gasteiger partial charge is 0.383 e. The Morgan fingerprint density at radius 3 is 2.61 bits per heavy atom. The molecule has 0 bridgehead atoms. The number of halogens is 1. The van der Waals surface area contributed by atoms with Crippen LogP contribution in [0.3, 0.4) is 0 Å². The predicted molar refractivity (Wildman–Crippen MR) is 114 cm³/mol. The highest BCUT2D eigenvalue weighted by Gasteiger charge is 2.23. The molecule has 1 aromatic carbocycles. The first-order chi connectivity index (χ1) is 13.2. The smallest absolute Gasteiger partial charge is 0.252 e. The van der Waals surface area contributed by atoms with Crippen LogP contribution in [0.2, 0.25) is 5.02 Å². The molecule has 0 spiro atoms. The first-order valence-corrected chi connectivity index (χ1v) is 12.0. The molecule has 11 heteroatoms. The van der Waals surface area contributed by atoms with Gasteiger partial charge in [0.05, 0.1) is 22.9 Å². The standard InChI is InChI=1S/C17H26ClN3O5S2/c1-4-28(24,25)21-15(7-10-27-3)17(23)20-12-5-6-13(14(18)11-12)16(22)19-8-9-26-2/h5-6,11,15,21H,4,7-10H2,1-3H3,(H,19,22)(H,20,23). The van der Waals surface area contributed by atoms with Gasteiger partial charge in [0.25, 0.3) is 5.91 Å². The summed E-state index contributed by atoms with van der Waals surface area (Å²) in [6.45, 7) is 2.23. The van der Waals surface area contributed by atoms with E-state index in [-0.39, 0.29) is 22.2 Å². The molecule has 1 atom stereocenters. The Kier molecular flexibility index (Phi) is 10.8. The van der Waals surface area contributed by atoms with Gasteiger partial charge in [-0.3, -0.25) is 9.59 Å². The number of thioether (sulfide) groups is 1. The van der Waals surface area contributed by atoms with Crippen molar-refractivity contribution in [3.8, 4) is 0 Å². The molecule has 0 aromatic heterocycles. The summed E-state index contributed by atoms with van der Waals surface area (Å²) in [7, 11) is -2.00. The number of methoxy groups -OCH3 is 1. The van der Waals surface area contributed by atoms with Gasteiger partial charge in [0, 0.05) is 19.3 Å². The second-order valence-corrected chi connectivity index (χ2v) is 9.22. The highest BCUT2D eigenvalue weighted by atomic mass is 35.5. The predicted octanol–water partition coefficient (Wildman–Crippen LogP) is 1.72. The second-order valence-electron chi connectivity index (χ2n) is 5.79. The van der Waals surface area contributed by atoms with Gasteiger partial charge in [0.2, 0.25) is 15.9 Å². The molecular weight excluding hydrogens is 426 g/mol. The molecule has 0 aliphatic rings. The van der Waals surface area contributed by atoms with Gasteiger partial charge in [-0.25, -0.2) is 13.1 Å². The number of amides is 2. The van der Waals surface area contributed by atoms with Crippen LogP contribution in [0.4, 0.5) is 5.69 Å². The molecule has 8 nitrogen and oxygen atoms in total. The van der Waals surface area contributed by atoms with E-state index in [1.54, 1.807) is 0 Å². The van der Waals surface area contributed by atoms with E-state index >= 15 is 0 Å². The van der Waals surface area contributed by atoms with Gasteiger partial charge in [0.15, 0.2) is 0 Å². The number of sulfonamides is 1. The van der Waals surface area contributed by atoms with Crippen LogP contribution in [-0.4, -0.2) is 64.3 Å². The van der Waals surface area contributed by atoms with E-state index in [1.807, 2.05) is 6.26 Å². The molecule has 0 fully saturated rings. The van der Waals surface area contributed by atoms with Crippen LogP contribution in [0.5, 0.6) is 0 Å². The molecule has 1 aromatic rings. The summed E-state index contributed by atoms with van der Waals surface area (Å²) in [6.07, 6.45) is 2.22. The van der Waals surface area contributed by atoms with Crippen molar-refractivity contribution in [1.82, 2.24) is 10.0 Å². The van der Waals surface area contributed by atoms with E-state index in [2.05, 4.69) is 15.4 Å². The Morgan fingerprint density at radius 1 is 1.32 bits per heavy atom. The molecule has 28 heavy (non-hydrogen) atoms. The number of carbonyl (C=O) groups is 2. The second kappa shape index (κ2) is 12.3. The van der Waals surface area contributed by atoms with Crippen LogP contribution in [0.15, 0.2) is 18.2 Å². The fraction of sp³-hybridized carbons (Fsp3) is 0.529. The van der Waals surface area contributed by atoms with E-state index in [0.29, 0.717) is 31.0 Å². The van der Waals surface area contributed by atoms with Gasteiger partial charge in [-0.1, -0.05) is 11.6 Å². The lowest BCUT2D eigenvalue weighted by Gasteiger charge is -2.18. The monoisotopic (exact) mass is 451 g/mol. The lowest BCUT2D eigenvalue weighted by atomic mass is 10.1. The topological polar surface area (TPSA) is 114 Å². The maximum Gasteiger partial charge on any atom is 0.252 e. The van der Waals surface area contributed by atoms with E-state index in [0.717, 1.165) is 0 Å². The number of anilines is 1. The summed E-state index contributed by atoms with van der Waals surface area (Å²) in [5.41, 5.74) is 0.634. The zero-order chi connectivity index (χ0) is 21.2. The van der Waals surface area contributed by atoms with Gasteiger partial charge in [-0.05, 0) is 43.6 Å². The number of benzene rings is 1. The fourth-order valence-electron chi connectivity index (χ4n) is 2.15. The normalized spacial score (nSPS) is 12.4. The lowest BCUT2D eigenvalue weighted by Crippen LogP contribution is -2.44. The van der Waals surface area contributed by atoms with Gasteiger partial charge < -0.3 is 15.4 Å². The zero-order valence-corrected chi connectivity index (χ0v) is 18.5. The summed E-state index contributed by atoms with van der Waals surface area (Å²) < 4.78 is 31.0. The van der Waals surface area contributed by atoms with Crippen LogP contribution in [0.25, 0.3) is 0 Å². The SMILES string of the molecule is CCS(=O)(=O)NC(CCSC)C(=O)Nc1ccc(C(=O)NCCOC)c(Cl)c1. The summed E-state index contributed by atoms with van der Waals surface area (Å²) in [6, 6.07) is 3.58. The average Bonchev–Trinajstić information content (AvgIpc) is 2.65. The molecule has 0 heterocycles. The van der Waals surface area contributed by atoms with E-state index in [4.69, 9.17) is 16.3 Å². The highest BCUT2D eigenvalue weighted by Crippen LogP contribution is 2.21. The first-order valence-electron chi connectivity index (χ1n) is 8.60. The number of rotatable bonds is 12. The molecule has 0 aliphatic carbocycles. The summed E-state index contributed by atoms with van der Waals surface area (Å²) in [5.74, 6) is -0.339. The number of hydrogen-bond donors (Lipinski definition) is 3. The van der Waals surface area contributed by atoms with Crippen molar-refractivity contribution in [1.29, 1.82) is 0 Å². The molecule has 0 saturated carbocycles. The Morgan fingerprint density at radius 2 is 2.04 bits per heavy atom. The summed E-state index contributed by atoms with van der Waals surface area (Å²) in [4.78, 5) is 24.6. The van der Waals surface area contributed by atoms with Crippen molar-refractivity contribution in [3.05, 3.63) is 28.8 Å². The van der Waals surface area contributed by atoms with E-state index < -0.39 is 22.0 Å². The molecule has 2 amide bonds. The first kappa shape index (κ1) is 24.7. The number of ether oxygens (including phenoxy) is 1. The molecule has 0 radical (unpaired) electrons. The average molecular weight is 452 g/mol. The summed E-state index contributed by atoms with van der Waals surface area (Å²) >= 11 is 7.67. The fourth-order valence-corrected chi connectivity index (χ4v) is 3.71. The minimum Gasteiger partial charge on any atom is -0.383 e. The third-order valence-corrected chi connectivity index (χ3v) is 6.06. The van der Waals surface area contributed by atoms with Gasteiger partial charge in [-0.15, -0.1) is 0 Å². The Hall–Kier alpha value is -1.33. The van der Waals surface area contributed by atoms with E-state index in [9.17, 15) is 18.0 Å². The molecule has 0 saturated heterocycles. The molecule has 0 aliphatic heterocycles. The van der Waals surface area contributed by atoms with Crippen molar-refractivity contribution >= 4 is 50.9 Å². The van der Waals surface area contributed by atoms with E-state index in [1.165, 1.54) is 44.0 Å². The van der Waals surface area contributed by atoms with Gasteiger partial charge in [0.1, 0.15) is 6.04 Å².